The molecule has 1 aromatic heterocycles. The van der Waals surface area contributed by atoms with E-state index in [4.69, 9.17) is 10.8 Å². The molecule has 0 fully saturated rings. The average molecular weight is 202 g/mol. The van der Waals surface area contributed by atoms with Crippen LogP contribution in [0.1, 0.15) is 11.6 Å². The molecule has 4 nitrogen and oxygen atoms in total. The van der Waals surface area contributed by atoms with Gasteiger partial charge in [0.25, 0.3) is 0 Å². The van der Waals surface area contributed by atoms with Gasteiger partial charge in [0.2, 0.25) is 0 Å². The molecule has 1 unspecified atom stereocenters. The van der Waals surface area contributed by atoms with Crippen LogP contribution < -0.4 is 5.73 Å². The van der Waals surface area contributed by atoms with Gasteiger partial charge in [-0.1, -0.05) is 12.1 Å². The molecule has 4 heteroatoms. The highest BCUT2D eigenvalue weighted by atomic mass is 16.4. The number of carboxylic acids is 1. The Kier molecular flexibility index (Phi) is 2.35. The number of fused-ring (bicyclic) bond motifs is 1. The molecule has 2 rings (SSSR count). The van der Waals surface area contributed by atoms with E-state index in [1.165, 1.54) is 0 Å². The summed E-state index contributed by atoms with van der Waals surface area (Å²) in [4.78, 5) is 14.7. The fourth-order valence-electron chi connectivity index (χ4n) is 1.44. The summed E-state index contributed by atoms with van der Waals surface area (Å²) in [5.41, 5.74) is 6.11. The van der Waals surface area contributed by atoms with Gasteiger partial charge in [0.05, 0.1) is 0 Å². The van der Waals surface area contributed by atoms with Gasteiger partial charge in [-0.05, 0) is 23.1 Å². The van der Waals surface area contributed by atoms with Crippen molar-refractivity contribution >= 4 is 16.7 Å². The molecule has 0 aliphatic heterocycles. The van der Waals surface area contributed by atoms with E-state index in [0.717, 1.165) is 10.8 Å². The van der Waals surface area contributed by atoms with E-state index in [1.54, 1.807) is 24.5 Å². The van der Waals surface area contributed by atoms with Crippen LogP contribution in [0, 0.1) is 0 Å². The maximum atomic E-state index is 10.7. The number of nitrogens with two attached hydrogens (primary N) is 1. The molecule has 0 saturated heterocycles. The average Bonchev–Trinajstić information content (AvgIpc) is 2.27. The molecule has 0 aliphatic rings. The van der Waals surface area contributed by atoms with Gasteiger partial charge in [-0.3, -0.25) is 9.78 Å². The largest absolute Gasteiger partial charge is 0.480 e. The van der Waals surface area contributed by atoms with E-state index in [9.17, 15) is 4.79 Å². The number of hydrogen-bond acceptors (Lipinski definition) is 3. The van der Waals surface area contributed by atoms with Gasteiger partial charge in [-0.25, -0.2) is 0 Å². The minimum atomic E-state index is -1.02. The molecule has 0 spiro atoms. The van der Waals surface area contributed by atoms with E-state index >= 15 is 0 Å². The number of benzene rings is 1. The van der Waals surface area contributed by atoms with Crippen LogP contribution in [0.2, 0.25) is 0 Å². The van der Waals surface area contributed by atoms with Crippen molar-refractivity contribution in [2.75, 3.05) is 0 Å². The Morgan fingerprint density at radius 3 is 2.87 bits per heavy atom. The van der Waals surface area contributed by atoms with Crippen LogP contribution in [0.25, 0.3) is 10.8 Å². The molecule has 0 saturated carbocycles. The van der Waals surface area contributed by atoms with Crippen LogP contribution >= 0.6 is 0 Å². The lowest BCUT2D eigenvalue weighted by atomic mass is 10.0. The summed E-state index contributed by atoms with van der Waals surface area (Å²) in [6.45, 7) is 0. The van der Waals surface area contributed by atoms with Crippen molar-refractivity contribution in [3.8, 4) is 0 Å². The Hall–Kier alpha value is -1.94. The quantitative estimate of drug-likeness (QED) is 0.770. The molecular weight excluding hydrogens is 192 g/mol. The van der Waals surface area contributed by atoms with E-state index in [-0.39, 0.29) is 0 Å². The third-order valence-corrected chi connectivity index (χ3v) is 2.29. The lowest BCUT2D eigenvalue weighted by Crippen LogP contribution is -2.20. The van der Waals surface area contributed by atoms with Crippen LogP contribution in [0.15, 0.2) is 36.7 Å². The zero-order valence-electron chi connectivity index (χ0n) is 7.92. The smallest absolute Gasteiger partial charge is 0.325 e. The van der Waals surface area contributed by atoms with Crippen LogP contribution in [0.3, 0.4) is 0 Å². The molecule has 3 N–H and O–H groups in total. The number of rotatable bonds is 2. The lowest BCUT2D eigenvalue weighted by molar-refractivity contribution is -0.138. The normalized spacial score (nSPS) is 12.6. The molecular formula is C11H10N2O2. The van der Waals surface area contributed by atoms with E-state index < -0.39 is 12.0 Å². The van der Waals surface area contributed by atoms with Crippen molar-refractivity contribution in [1.29, 1.82) is 0 Å². The number of aromatic nitrogens is 1. The Morgan fingerprint density at radius 1 is 1.33 bits per heavy atom. The summed E-state index contributed by atoms with van der Waals surface area (Å²) in [5, 5.41) is 10.7. The van der Waals surface area contributed by atoms with Gasteiger partial charge in [-0.15, -0.1) is 0 Å². The maximum absolute atomic E-state index is 10.7. The summed E-state index contributed by atoms with van der Waals surface area (Å²) in [6, 6.07) is 6.16. The van der Waals surface area contributed by atoms with Gasteiger partial charge in [-0.2, -0.15) is 0 Å². The van der Waals surface area contributed by atoms with Crippen molar-refractivity contribution in [3.05, 3.63) is 42.2 Å². The van der Waals surface area contributed by atoms with Crippen LogP contribution in [-0.2, 0) is 4.79 Å². The third-order valence-electron chi connectivity index (χ3n) is 2.29. The molecule has 1 heterocycles. The fourth-order valence-corrected chi connectivity index (χ4v) is 1.44. The van der Waals surface area contributed by atoms with Gasteiger partial charge < -0.3 is 10.8 Å². The zero-order chi connectivity index (χ0) is 10.8. The number of pyridine rings is 1. The highest BCUT2D eigenvalue weighted by Crippen LogP contribution is 2.18. The highest BCUT2D eigenvalue weighted by Gasteiger charge is 2.13. The summed E-state index contributed by atoms with van der Waals surface area (Å²) < 4.78 is 0. The number of carbonyl (C=O) groups is 1. The first kappa shape index (κ1) is 9.61. The van der Waals surface area contributed by atoms with Crippen molar-refractivity contribution in [2.24, 2.45) is 5.73 Å². The molecule has 1 aromatic carbocycles. The van der Waals surface area contributed by atoms with Crippen LogP contribution in [0.5, 0.6) is 0 Å². The first-order valence-electron chi connectivity index (χ1n) is 4.50. The zero-order valence-corrected chi connectivity index (χ0v) is 7.92. The molecule has 2 aromatic rings. The topological polar surface area (TPSA) is 76.2 Å². The Labute approximate surface area is 86.4 Å². The van der Waals surface area contributed by atoms with Crippen LogP contribution in [0.4, 0.5) is 0 Å². The van der Waals surface area contributed by atoms with Crippen molar-refractivity contribution < 1.29 is 9.90 Å². The Balaban J connectivity index is 2.51. The van der Waals surface area contributed by atoms with Crippen molar-refractivity contribution in [2.45, 2.75) is 6.04 Å². The highest BCUT2D eigenvalue weighted by molar-refractivity contribution is 5.84. The monoisotopic (exact) mass is 202 g/mol. The second kappa shape index (κ2) is 3.67. The molecule has 0 amide bonds. The molecule has 0 radical (unpaired) electrons. The van der Waals surface area contributed by atoms with Gasteiger partial charge in [0, 0.05) is 17.8 Å². The molecule has 76 valence electrons. The maximum Gasteiger partial charge on any atom is 0.325 e. The standard InChI is InChI=1S/C11H10N2O2/c12-10(11(14)15)8-1-2-9-6-13-4-3-7(9)5-8/h1-6,10H,12H2,(H,14,15). The van der Waals surface area contributed by atoms with Crippen molar-refractivity contribution in [1.82, 2.24) is 4.98 Å². The summed E-state index contributed by atoms with van der Waals surface area (Å²) in [6.07, 6.45) is 3.39. The number of carboxylic acid groups (broad SMARTS) is 1. The first-order valence-corrected chi connectivity index (χ1v) is 4.50. The van der Waals surface area contributed by atoms with E-state index in [2.05, 4.69) is 4.98 Å². The minimum Gasteiger partial charge on any atom is -0.480 e. The van der Waals surface area contributed by atoms with Gasteiger partial charge in [0.1, 0.15) is 6.04 Å². The molecule has 1 atom stereocenters. The van der Waals surface area contributed by atoms with E-state index in [1.807, 2.05) is 12.1 Å². The number of nitrogens with zero attached hydrogens (tertiary/aromatic N) is 1. The predicted octanol–water partition coefficient (Wildman–Crippen LogP) is 1.32. The fraction of sp³-hybridized carbons (Fsp3) is 0.0909. The molecule has 15 heavy (non-hydrogen) atoms. The summed E-state index contributed by atoms with van der Waals surface area (Å²) in [5.74, 6) is -1.02. The van der Waals surface area contributed by atoms with Gasteiger partial charge >= 0.3 is 5.97 Å². The van der Waals surface area contributed by atoms with Crippen molar-refractivity contribution in [3.63, 3.8) is 0 Å². The molecule has 0 bridgehead atoms. The number of hydrogen-bond donors (Lipinski definition) is 2. The van der Waals surface area contributed by atoms with E-state index in [0.29, 0.717) is 5.56 Å². The van der Waals surface area contributed by atoms with Gasteiger partial charge in [0.15, 0.2) is 0 Å². The second-order valence-corrected chi connectivity index (χ2v) is 3.30. The predicted molar refractivity (Wildman–Crippen MR) is 56.3 cm³/mol. The minimum absolute atomic E-state index is 0.598. The summed E-state index contributed by atoms with van der Waals surface area (Å²) in [7, 11) is 0. The first-order chi connectivity index (χ1) is 7.18. The molecule has 0 aliphatic carbocycles. The third kappa shape index (κ3) is 1.80. The Bertz CT molecular complexity index is 511. The second-order valence-electron chi connectivity index (χ2n) is 3.30. The SMILES string of the molecule is NC(C(=O)O)c1ccc2cnccc2c1. The Morgan fingerprint density at radius 2 is 2.13 bits per heavy atom. The van der Waals surface area contributed by atoms with Crippen LogP contribution in [-0.4, -0.2) is 16.1 Å². The summed E-state index contributed by atoms with van der Waals surface area (Å²) >= 11 is 0. The lowest BCUT2D eigenvalue weighted by Gasteiger charge is -2.07. The number of aliphatic carboxylic acids is 1.